The average Bonchev–Trinajstić information content (AvgIpc) is 3.18. The number of nitrogens with zero attached hydrogens (tertiary/aromatic N) is 4. The first-order valence-electron chi connectivity index (χ1n) is 6.83. The van der Waals surface area contributed by atoms with Crippen molar-refractivity contribution in [1.29, 1.82) is 0 Å². The zero-order valence-corrected chi connectivity index (χ0v) is 14.8. The van der Waals surface area contributed by atoms with Gasteiger partial charge in [0.2, 0.25) is 17.6 Å². The molecule has 0 unspecified atom stereocenters. The van der Waals surface area contributed by atoms with Gasteiger partial charge in [0.1, 0.15) is 0 Å². The quantitative estimate of drug-likeness (QED) is 0.859. The summed E-state index contributed by atoms with van der Waals surface area (Å²) in [6.07, 6.45) is 0. The molecule has 1 aliphatic rings. The third-order valence-corrected chi connectivity index (χ3v) is 4.33. The monoisotopic (exact) mass is 379 g/mol. The van der Waals surface area contributed by atoms with Crippen LogP contribution in [-0.2, 0) is 11.3 Å². The molecule has 1 aliphatic heterocycles. The van der Waals surface area contributed by atoms with Crippen molar-refractivity contribution in [3.8, 4) is 10.7 Å². The van der Waals surface area contributed by atoms with Crippen LogP contribution in [0.3, 0.4) is 0 Å². The fraction of sp³-hybridized carbons (Fsp3) is 0.462. The average molecular weight is 380 g/mol. The zero-order valence-electron chi connectivity index (χ0n) is 12.4. The van der Waals surface area contributed by atoms with Crippen LogP contribution in [0.2, 0.25) is 0 Å². The van der Waals surface area contributed by atoms with Gasteiger partial charge in [-0.1, -0.05) is 11.2 Å². The van der Waals surface area contributed by atoms with Gasteiger partial charge in [-0.25, -0.2) is 0 Å². The van der Waals surface area contributed by atoms with E-state index in [0.29, 0.717) is 31.3 Å². The van der Waals surface area contributed by atoms with Crippen LogP contribution in [0, 0.1) is 0 Å². The molecule has 23 heavy (non-hydrogen) atoms. The molecule has 3 rings (SSSR count). The Hall–Kier alpha value is -1.19. The largest absolute Gasteiger partial charge is 0.339 e. The van der Waals surface area contributed by atoms with Crippen LogP contribution in [0.5, 0.6) is 0 Å². The van der Waals surface area contributed by atoms with E-state index in [9.17, 15) is 4.79 Å². The number of carbonyl (C=O) groups is 1. The van der Waals surface area contributed by atoms with E-state index < -0.39 is 0 Å². The summed E-state index contributed by atoms with van der Waals surface area (Å²) in [5.41, 5.74) is 5.37. The van der Waals surface area contributed by atoms with E-state index in [-0.39, 0.29) is 37.3 Å². The predicted octanol–water partition coefficient (Wildman–Crippen LogP) is 1.24. The predicted molar refractivity (Wildman–Crippen MR) is 93.0 cm³/mol. The van der Waals surface area contributed by atoms with Crippen LogP contribution >= 0.6 is 36.2 Å². The minimum atomic E-state index is 0. The summed E-state index contributed by atoms with van der Waals surface area (Å²) in [5.74, 6) is 1.25. The Morgan fingerprint density at radius 1 is 1.30 bits per heavy atom. The number of halogens is 2. The molecule has 0 atom stereocenters. The molecular weight excluding hydrogens is 361 g/mol. The molecule has 1 amide bonds. The molecule has 3 heterocycles. The summed E-state index contributed by atoms with van der Waals surface area (Å²) in [7, 11) is 0. The number of carbonyl (C=O) groups excluding carboxylic acids is 1. The fourth-order valence-electron chi connectivity index (χ4n) is 2.30. The highest BCUT2D eigenvalue weighted by molar-refractivity contribution is 7.13. The molecule has 2 N–H and O–H groups in total. The summed E-state index contributed by atoms with van der Waals surface area (Å²) >= 11 is 1.59. The number of hydrogen-bond acceptors (Lipinski definition) is 7. The molecule has 2 aromatic rings. The van der Waals surface area contributed by atoms with Gasteiger partial charge >= 0.3 is 0 Å². The third kappa shape index (κ3) is 4.89. The summed E-state index contributed by atoms with van der Waals surface area (Å²) < 4.78 is 5.29. The number of thiophene rings is 1. The molecule has 10 heteroatoms. The van der Waals surface area contributed by atoms with E-state index in [2.05, 4.69) is 15.0 Å². The van der Waals surface area contributed by atoms with Gasteiger partial charge in [0.25, 0.3) is 0 Å². The van der Waals surface area contributed by atoms with Crippen LogP contribution < -0.4 is 5.73 Å². The first-order chi connectivity index (χ1) is 10.3. The summed E-state index contributed by atoms with van der Waals surface area (Å²) in [4.78, 5) is 20.9. The second-order valence-corrected chi connectivity index (χ2v) is 5.80. The number of amides is 1. The lowest BCUT2D eigenvalue weighted by Gasteiger charge is -2.33. The van der Waals surface area contributed by atoms with E-state index in [4.69, 9.17) is 10.3 Å². The minimum absolute atomic E-state index is 0. The highest BCUT2D eigenvalue weighted by Crippen LogP contribution is 2.21. The van der Waals surface area contributed by atoms with Crippen LogP contribution in [0.25, 0.3) is 10.7 Å². The molecular formula is C13H19Cl2N5O2S. The molecule has 2 aromatic heterocycles. The second kappa shape index (κ2) is 9.19. The third-order valence-electron chi connectivity index (χ3n) is 3.47. The lowest BCUT2D eigenvalue weighted by molar-refractivity contribution is -0.131. The van der Waals surface area contributed by atoms with E-state index in [1.54, 1.807) is 16.2 Å². The summed E-state index contributed by atoms with van der Waals surface area (Å²) in [6, 6.07) is 3.93. The van der Waals surface area contributed by atoms with E-state index in [1.807, 2.05) is 17.5 Å². The maximum atomic E-state index is 11.5. The van der Waals surface area contributed by atoms with Crippen molar-refractivity contribution in [2.24, 2.45) is 5.73 Å². The van der Waals surface area contributed by atoms with Crippen LogP contribution in [0.4, 0.5) is 0 Å². The Kier molecular flexibility index (Phi) is 7.93. The summed E-state index contributed by atoms with van der Waals surface area (Å²) in [6.45, 7) is 3.67. The first-order valence-corrected chi connectivity index (χ1v) is 7.71. The molecule has 0 aliphatic carbocycles. The Balaban J connectivity index is 0.00000132. The molecule has 0 bridgehead atoms. The summed E-state index contributed by atoms with van der Waals surface area (Å²) in [5, 5.41) is 5.98. The van der Waals surface area contributed by atoms with Crippen LogP contribution in [-0.4, -0.2) is 58.6 Å². The molecule has 1 fully saturated rings. The van der Waals surface area contributed by atoms with Crippen molar-refractivity contribution in [2.45, 2.75) is 6.54 Å². The lowest BCUT2D eigenvalue weighted by Crippen LogP contribution is -2.49. The smallest absolute Gasteiger partial charge is 0.241 e. The van der Waals surface area contributed by atoms with Gasteiger partial charge in [-0.05, 0) is 11.4 Å². The zero-order chi connectivity index (χ0) is 14.7. The molecule has 7 nitrogen and oxygen atoms in total. The van der Waals surface area contributed by atoms with Crippen LogP contribution in [0.15, 0.2) is 22.0 Å². The Morgan fingerprint density at radius 2 is 2.04 bits per heavy atom. The van der Waals surface area contributed by atoms with E-state index >= 15 is 0 Å². The van der Waals surface area contributed by atoms with E-state index in [0.717, 1.165) is 18.0 Å². The molecule has 0 aromatic carbocycles. The van der Waals surface area contributed by atoms with Crippen molar-refractivity contribution in [2.75, 3.05) is 32.7 Å². The topological polar surface area (TPSA) is 88.5 Å². The molecule has 0 spiro atoms. The molecule has 0 saturated carbocycles. The molecule has 128 valence electrons. The van der Waals surface area contributed by atoms with Crippen molar-refractivity contribution >= 4 is 42.1 Å². The van der Waals surface area contributed by atoms with Gasteiger partial charge in [-0.15, -0.1) is 36.2 Å². The number of nitrogens with two attached hydrogens (primary N) is 1. The Labute approximate surface area is 150 Å². The number of aromatic nitrogens is 2. The maximum Gasteiger partial charge on any atom is 0.241 e. The number of piperazine rings is 1. The number of hydrogen-bond donors (Lipinski definition) is 1. The van der Waals surface area contributed by atoms with Crippen molar-refractivity contribution in [3.63, 3.8) is 0 Å². The second-order valence-electron chi connectivity index (χ2n) is 4.85. The standard InChI is InChI=1S/C13H17N5O2S.2ClH/c14-8-12(19)18-5-3-17(4-6-18)9-11-15-13(16-20-11)10-2-1-7-21-10;;/h1-2,7H,3-6,8-9,14H2;2*1H. The van der Waals surface area contributed by atoms with Crippen LogP contribution in [0.1, 0.15) is 5.89 Å². The highest BCUT2D eigenvalue weighted by atomic mass is 35.5. The van der Waals surface area contributed by atoms with Crippen molar-refractivity contribution in [3.05, 3.63) is 23.4 Å². The normalized spacial score (nSPS) is 14.9. The van der Waals surface area contributed by atoms with Gasteiger partial charge in [-0.3, -0.25) is 9.69 Å². The van der Waals surface area contributed by atoms with E-state index in [1.165, 1.54) is 0 Å². The molecule has 1 saturated heterocycles. The van der Waals surface area contributed by atoms with Gasteiger partial charge in [0.15, 0.2) is 0 Å². The highest BCUT2D eigenvalue weighted by Gasteiger charge is 2.21. The molecule has 0 radical (unpaired) electrons. The van der Waals surface area contributed by atoms with Gasteiger partial charge < -0.3 is 15.2 Å². The Morgan fingerprint density at radius 3 is 2.65 bits per heavy atom. The van der Waals surface area contributed by atoms with Gasteiger partial charge in [0, 0.05) is 26.2 Å². The van der Waals surface area contributed by atoms with Crippen molar-refractivity contribution < 1.29 is 9.32 Å². The lowest BCUT2D eigenvalue weighted by atomic mass is 10.3. The first kappa shape index (κ1) is 19.9. The fourth-order valence-corrected chi connectivity index (χ4v) is 2.95. The van der Waals surface area contributed by atoms with Crippen molar-refractivity contribution in [1.82, 2.24) is 19.9 Å². The van der Waals surface area contributed by atoms with Gasteiger partial charge in [0.05, 0.1) is 18.0 Å². The number of rotatable bonds is 4. The maximum absolute atomic E-state index is 11.5. The SMILES string of the molecule is Cl.Cl.NCC(=O)N1CCN(Cc2nc(-c3cccs3)no2)CC1. The minimum Gasteiger partial charge on any atom is -0.339 e. The van der Waals surface area contributed by atoms with Gasteiger partial charge in [-0.2, -0.15) is 4.98 Å². The Bertz CT molecular complexity index is 599.